The summed E-state index contributed by atoms with van der Waals surface area (Å²) in [6.07, 6.45) is 4.01. The number of hydrazine groups is 1. The fourth-order valence-corrected chi connectivity index (χ4v) is 8.16. The van der Waals surface area contributed by atoms with Gasteiger partial charge in [-0.2, -0.15) is 0 Å². The Morgan fingerprint density at radius 1 is 1.16 bits per heavy atom. The highest BCUT2D eigenvalue weighted by molar-refractivity contribution is 5.95. The Morgan fingerprint density at radius 3 is 2.58 bits per heavy atom. The van der Waals surface area contributed by atoms with Gasteiger partial charge in [-0.1, -0.05) is 27.7 Å². The van der Waals surface area contributed by atoms with Crippen molar-refractivity contribution < 1.29 is 33.4 Å². The number of nitrogens with zero attached hydrogens (tertiary/aromatic N) is 5. The Kier molecular flexibility index (Phi) is 14.4. The number of hydrogen-bond donors (Lipinski definition) is 2. The molecule has 2 aliphatic heterocycles. The maximum atomic E-state index is 13.7. The molecule has 4 heterocycles. The Balaban J connectivity index is 1.37. The van der Waals surface area contributed by atoms with Crippen LogP contribution < -0.4 is 15.6 Å². The van der Waals surface area contributed by atoms with Gasteiger partial charge in [0.25, 0.3) is 5.91 Å². The number of morpholine rings is 1. The van der Waals surface area contributed by atoms with E-state index in [2.05, 4.69) is 72.2 Å². The number of anilines is 1. The first-order valence-corrected chi connectivity index (χ1v) is 20.3. The average Bonchev–Trinajstić information content (AvgIpc) is 3.50. The molecular weight excluding hydrogens is 727 g/mol. The van der Waals surface area contributed by atoms with Crippen LogP contribution in [-0.2, 0) is 46.4 Å². The van der Waals surface area contributed by atoms with Crippen molar-refractivity contribution in [3.05, 3.63) is 47.8 Å². The van der Waals surface area contributed by atoms with Crippen LogP contribution in [0.2, 0.25) is 0 Å². The number of ether oxygens (including phenoxy) is 3. The molecule has 2 aromatic heterocycles. The lowest BCUT2D eigenvalue weighted by atomic mass is 9.84. The summed E-state index contributed by atoms with van der Waals surface area (Å²) in [5.74, 6) is -1.38. The zero-order valence-corrected chi connectivity index (χ0v) is 35.5. The second kappa shape index (κ2) is 18.8. The molecule has 312 valence electrons. The molecule has 2 fully saturated rings. The van der Waals surface area contributed by atoms with E-state index in [1.807, 2.05) is 26.8 Å². The summed E-state index contributed by atoms with van der Waals surface area (Å²) in [6.45, 7) is 19.3. The maximum absolute atomic E-state index is 13.7. The van der Waals surface area contributed by atoms with Crippen LogP contribution in [0.25, 0.3) is 22.2 Å². The van der Waals surface area contributed by atoms with Gasteiger partial charge in [0, 0.05) is 74.1 Å². The van der Waals surface area contributed by atoms with Crippen LogP contribution in [0.5, 0.6) is 0 Å². The Morgan fingerprint density at radius 2 is 1.91 bits per heavy atom. The maximum Gasteiger partial charge on any atom is 0.324 e. The van der Waals surface area contributed by atoms with Gasteiger partial charge in [0.1, 0.15) is 18.1 Å². The van der Waals surface area contributed by atoms with Crippen molar-refractivity contribution in [2.75, 3.05) is 51.9 Å². The second-order valence-corrected chi connectivity index (χ2v) is 16.7. The standard InChI is InChI=1S/C43H63N7O7/c1-11-49-36-17-16-31(48-20-21-56-28(4)24-48)22-33(36)34(39(49)32-14-12-18-44-37(32)30(6)55-10)23-43(7,8)25-57-42(54)35-15-13-19-50(46-35)41(53)29(5)45-40(52)38(27(2)3)47(9)26-51/h12,14,16-18,22,26-30,35,38,46H,11,13,15,19-21,23-25H2,1-10H3,(H,45,52)/t28-,29+,30+,35+,38+/m1/s1. The van der Waals surface area contributed by atoms with Crippen molar-refractivity contribution in [1.82, 2.24) is 30.2 Å². The monoisotopic (exact) mass is 789 g/mol. The average molecular weight is 790 g/mol. The lowest BCUT2D eigenvalue weighted by Gasteiger charge is -2.35. The van der Waals surface area contributed by atoms with Gasteiger partial charge in [-0.3, -0.25) is 29.2 Å². The minimum atomic E-state index is -0.876. The first-order chi connectivity index (χ1) is 27.1. The molecule has 3 aromatic rings. The van der Waals surface area contributed by atoms with E-state index in [0.29, 0.717) is 38.8 Å². The SMILES string of the molecule is CCn1c(-c2cccnc2[C@H](C)OC)c(CC(C)(C)COC(=O)[C@@H]2CCCN(C(=O)[C@H](C)NC(=O)[C@H](C(C)C)N(C)C=O)N2)c2cc(N3CCO[C@H](C)C3)ccc21. The van der Waals surface area contributed by atoms with E-state index >= 15 is 0 Å². The number of nitrogens with one attached hydrogen (secondary N) is 2. The molecule has 14 nitrogen and oxygen atoms in total. The van der Waals surface area contributed by atoms with E-state index in [9.17, 15) is 19.2 Å². The summed E-state index contributed by atoms with van der Waals surface area (Å²) in [5.41, 5.74) is 8.93. The van der Waals surface area contributed by atoms with Gasteiger partial charge in [0.2, 0.25) is 12.3 Å². The van der Waals surface area contributed by atoms with Crippen molar-refractivity contribution in [3.63, 3.8) is 0 Å². The quantitative estimate of drug-likeness (QED) is 0.152. The number of rotatable bonds is 16. The van der Waals surface area contributed by atoms with Crippen LogP contribution in [0.3, 0.4) is 0 Å². The molecule has 0 unspecified atom stereocenters. The zero-order valence-electron chi connectivity index (χ0n) is 35.5. The topological polar surface area (TPSA) is 148 Å². The van der Waals surface area contributed by atoms with Gasteiger partial charge in [0.15, 0.2) is 0 Å². The third-order valence-electron chi connectivity index (χ3n) is 11.1. The lowest BCUT2D eigenvalue weighted by molar-refractivity contribution is -0.155. The molecule has 5 rings (SSSR count). The van der Waals surface area contributed by atoms with Gasteiger partial charge in [0.05, 0.1) is 36.8 Å². The van der Waals surface area contributed by atoms with Gasteiger partial charge >= 0.3 is 5.97 Å². The predicted molar refractivity (Wildman–Crippen MR) is 220 cm³/mol. The van der Waals surface area contributed by atoms with E-state index in [1.54, 1.807) is 27.3 Å². The van der Waals surface area contributed by atoms with Crippen LogP contribution >= 0.6 is 0 Å². The molecule has 2 aliphatic rings. The molecule has 2 N–H and O–H groups in total. The smallest absolute Gasteiger partial charge is 0.324 e. The molecule has 1 aromatic carbocycles. The van der Waals surface area contributed by atoms with Crippen LogP contribution in [0.15, 0.2) is 36.5 Å². The van der Waals surface area contributed by atoms with E-state index < -0.39 is 35.4 Å². The number of hydrogen-bond acceptors (Lipinski definition) is 10. The first kappa shape index (κ1) is 43.6. The molecule has 2 saturated heterocycles. The van der Waals surface area contributed by atoms with Crippen LogP contribution in [-0.4, -0.2) is 115 Å². The van der Waals surface area contributed by atoms with Crippen molar-refractivity contribution in [2.24, 2.45) is 11.3 Å². The number of pyridine rings is 1. The molecule has 57 heavy (non-hydrogen) atoms. The second-order valence-electron chi connectivity index (χ2n) is 16.7. The highest BCUT2D eigenvalue weighted by Crippen LogP contribution is 2.41. The molecule has 0 saturated carbocycles. The predicted octanol–water partition coefficient (Wildman–Crippen LogP) is 4.88. The number of esters is 1. The number of benzene rings is 1. The number of likely N-dealkylation sites (N-methyl/N-ethyl adjacent to an activating group) is 1. The van der Waals surface area contributed by atoms with Gasteiger partial charge in [-0.05, 0) is 88.8 Å². The Labute approximate surface area is 337 Å². The van der Waals surface area contributed by atoms with Crippen molar-refractivity contribution in [3.8, 4) is 11.3 Å². The molecular formula is C43H63N7O7. The third kappa shape index (κ3) is 9.96. The summed E-state index contributed by atoms with van der Waals surface area (Å²) in [5, 5.41) is 5.29. The van der Waals surface area contributed by atoms with Crippen molar-refractivity contribution in [2.45, 2.75) is 112 Å². The first-order valence-electron chi connectivity index (χ1n) is 20.3. The fraction of sp³-hybridized carbons (Fsp3) is 0.605. The van der Waals surface area contributed by atoms with E-state index in [0.717, 1.165) is 58.7 Å². The zero-order chi connectivity index (χ0) is 41.6. The summed E-state index contributed by atoms with van der Waals surface area (Å²) in [6, 6.07) is 8.46. The van der Waals surface area contributed by atoms with Crippen molar-refractivity contribution in [1.29, 1.82) is 0 Å². The Hall–Kier alpha value is -4.53. The van der Waals surface area contributed by atoms with Crippen LogP contribution in [0.1, 0.15) is 85.6 Å². The minimum absolute atomic E-state index is 0.138. The van der Waals surface area contributed by atoms with Gasteiger partial charge in [-0.25, -0.2) is 5.43 Å². The minimum Gasteiger partial charge on any atom is -0.464 e. The molecule has 5 atom stereocenters. The van der Waals surface area contributed by atoms with Gasteiger partial charge in [-0.15, -0.1) is 0 Å². The van der Waals surface area contributed by atoms with E-state index in [4.69, 9.17) is 19.2 Å². The largest absolute Gasteiger partial charge is 0.464 e. The highest BCUT2D eigenvalue weighted by Gasteiger charge is 2.35. The Bertz CT molecular complexity index is 1890. The van der Waals surface area contributed by atoms with Crippen LogP contribution in [0.4, 0.5) is 5.69 Å². The summed E-state index contributed by atoms with van der Waals surface area (Å²) < 4.78 is 20.1. The number of carbonyl (C=O) groups excluding carboxylic acids is 4. The number of amides is 3. The number of aryl methyl sites for hydroxylation is 1. The summed E-state index contributed by atoms with van der Waals surface area (Å²) in [7, 11) is 3.23. The van der Waals surface area contributed by atoms with Crippen LogP contribution in [0, 0.1) is 11.3 Å². The van der Waals surface area contributed by atoms with E-state index in [-0.39, 0.29) is 30.6 Å². The molecule has 0 spiro atoms. The molecule has 14 heteroatoms. The summed E-state index contributed by atoms with van der Waals surface area (Å²) in [4.78, 5) is 60.0. The molecule has 3 amide bonds. The number of carbonyl (C=O) groups is 4. The van der Waals surface area contributed by atoms with Crippen molar-refractivity contribution >= 4 is 40.8 Å². The normalized spacial score (nSPS) is 19.3. The molecule has 0 aliphatic carbocycles. The van der Waals surface area contributed by atoms with Gasteiger partial charge < -0.3 is 33.9 Å². The summed E-state index contributed by atoms with van der Waals surface area (Å²) >= 11 is 0. The lowest BCUT2D eigenvalue weighted by Crippen LogP contribution is -2.60. The molecule has 0 radical (unpaired) electrons. The highest BCUT2D eigenvalue weighted by atomic mass is 16.5. The number of fused-ring (bicyclic) bond motifs is 1. The number of aromatic nitrogens is 2. The van der Waals surface area contributed by atoms with E-state index in [1.165, 1.54) is 9.91 Å². The third-order valence-corrected chi connectivity index (χ3v) is 11.1. The molecule has 0 bridgehead atoms. The number of methoxy groups -OCH3 is 1. The fourth-order valence-electron chi connectivity index (χ4n) is 8.16.